The Bertz CT molecular complexity index is 548. The summed E-state index contributed by atoms with van der Waals surface area (Å²) in [4.78, 5) is 10.9. The van der Waals surface area contributed by atoms with Gasteiger partial charge in [0.05, 0.1) is 21.3 Å². The quantitative estimate of drug-likeness (QED) is 0.910. The molecule has 1 N–H and O–H groups in total. The third-order valence-electron chi connectivity index (χ3n) is 2.08. The maximum absolute atomic E-state index is 10.9. The first-order valence-electron chi connectivity index (χ1n) is 4.36. The number of halogens is 2. The van der Waals surface area contributed by atoms with Crippen molar-refractivity contribution in [2.24, 2.45) is 0 Å². The molecule has 0 bridgehead atoms. The summed E-state index contributed by atoms with van der Waals surface area (Å²) in [5.41, 5.74) is 0.723. The highest BCUT2D eigenvalue weighted by Gasteiger charge is 2.13. The Hall–Kier alpha value is -1.26. The van der Waals surface area contributed by atoms with E-state index in [2.05, 4.69) is 15.9 Å². The molecule has 5 heteroatoms. The number of carbonyl (C=O) groups is 1. The van der Waals surface area contributed by atoms with Gasteiger partial charge in [-0.15, -0.1) is 0 Å². The van der Waals surface area contributed by atoms with Gasteiger partial charge in [-0.3, -0.25) is 0 Å². The lowest BCUT2D eigenvalue weighted by Gasteiger charge is -2.02. The van der Waals surface area contributed by atoms with Crippen LogP contribution in [0, 0.1) is 0 Å². The van der Waals surface area contributed by atoms with Crippen LogP contribution in [0.5, 0.6) is 0 Å². The lowest BCUT2D eigenvalue weighted by atomic mass is 10.1. The lowest BCUT2D eigenvalue weighted by molar-refractivity contribution is 0.0697. The highest BCUT2D eigenvalue weighted by Crippen LogP contribution is 2.31. The second kappa shape index (κ2) is 4.31. The van der Waals surface area contributed by atoms with E-state index in [9.17, 15) is 4.79 Å². The van der Waals surface area contributed by atoms with Gasteiger partial charge in [-0.2, -0.15) is 0 Å². The number of carboxylic acid groups (broad SMARTS) is 1. The number of aromatic carboxylic acids is 1. The van der Waals surface area contributed by atoms with Crippen molar-refractivity contribution in [3.05, 3.63) is 45.6 Å². The lowest BCUT2D eigenvalue weighted by Crippen LogP contribution is -1.97. The zero-order valence-electron chi connectivity index (χ0n) is 7.91. The molecule has 0 aliphatic rings. The van der Waals surface area contributed by atoms with Gasteiger partial charge in [0.2, 0.25) is 0 Å². The van der Waals surface area contributed by atoms with Gasteiger partial charge in [-0.25, -0.2) is 4.79 Å². The molecule has 0 saturated carbocycles. The van der Waals surface area contributed by atoms with Gasteiger partial charge < -0.3 is 9.52 Å². The maximum Gasteiger partial charge on any atom is 0.337 e. The maximum atomic E-state index is 10.9. The molecule has 2 rings (SSSR count). The molecule has 3 nitrogen and oxygen atoms in total. The van der Waals surface area contributed by atoms with E-state index in [-0.39, 0.29) is 10.6 Å². The summed E-state index contributed by atoms with van der Waals surface area (Å²) < 4.78 is 6.01. The summed E-state index contributed by atoms with van der Waals surface area (Å²) in [6.07, 6.45) is 1.52. The molecule has 1 heterocycles. The Kier molecular flexibility index (Phi) is 3.03. The molecule has 0 spiro atoms. The van der Waals surface area contributed by atoms with Gasteiger partial charge in [-0.1, -0.05) is 11.6 Å². The van der Waals surface area contributed by atoms with Gasteiger partial charge in [0.15, 0.2) is 0 Å². The van der Waals surface area contributed by atoms with Crippen molar-refractivity contribution in [1.82, 2.24) is 0 Å². The fraction of sp³-hybridized carbons (Fsp3) is 0. The zero-order valence-corrected chi connectivity index (χ0v) is 10.2. The van der Waals surface area contributed by atoms with E-state index in [1.165, 1.54) is 18.4 Å². The second-order valence-corrected chi connectivity index (χ2v) is 4.36. The molecule has 0 saturated heterocycles. The number of hydrogen-bond acceptors (Lipinski definition) is 2. The highest BCUT2D eigenvalue weighted by molar-refractivity contribution is 9.10. The molecular weight excluding hydrogens is 295 g/mol. The van der Waals surface area contributed by atoms with Gasteiger partial charge in [-0.05, 0) is 40.2 Å². The van der Waals surface area contributed by atoms with E-state index in [1.54, 1.807) is 12.1 Å². The normalized spacial score (nSPS) is 10.4. The van der Waals surface area contributed by atoms with Crippen LogP contribution in [0.2, 0.25) is 5.02 Å². The largest absolute Gasteiger partial charge is 0.478 e. The number of carboxylic acids is 1. The van der Waals surface area contributed by atoms with Crippen molar-refractivity contribution in [3.8, 4) is 11.3 Å². The summed E-state index contributed by atoms with van der Waals surface area (Å²) in [6, 6.07) is 6.46. The summed E-state index contributed by atoms with van der Waals surface area (Å²) in [5, 5.41) is 9.14. The Morgan fingerprint density at radius 2 is 2.12 bits per heavy atom. The van der Waals surface area contributed by atoms with Crippen molar-refractivity contribution < 1.29 is 14.3 Å². The smallest absolute Gasteiger partial charge is 0.337 e. The van der Waals surface area contributed by atoms with Crippen LogP contribution in [0.3, 0.4) is 0 Å². The number of benzene rings is 1. The van der Waals surface area contributed by atoms with Gasteiger partial charge in [0, 0.05) is 5.56 Å². The minimum absolute atomic E-state index is 0.0578. The molecule has 82 valence electrons. The van der Waals surface area contributed by atoms with Crippen molar-refractivity contribution in [1.29, 1.82) is 0 Å². The molecule has 0 fully saturated rings. The molecule has 1 aromatic carbocycles. The van der Waals surface area contributed by atoms with E-state index in [0.717, 1.165) is 4.47 Å². The molecule has 2 aromatic rings. The van der Waals surface area contributed by atoms with Gasteiger partial charge in [0.1, 0.15) is 5.76 Å². The van der Waals surface area contributed by atoms with Gasteiger partial charge >= 0.3 is 5.97 Å². The molecule has 0 radical (unpaired) electrons. The summed E-state index contributed by atoms with van der Waals surface area (Å²) in [7, 11) is 0. The molecule has 0 amide bonds. The topological polar surface area (TPSA) is 50.4 Å². The first kappa shape index (κ1) is 11.2. The van der Waals surface area contributed by atoms with Gasteiger partial charge in [0.25, 0.3) is 0 Å². The van der Waals surface area contributed by atoms with Crippen molar-refractivity contribution in [2.75, 3.05) is 0 Å². The second-order valence-electron chi connectivity index (χ2n) is 3.10. The zero-order chi connectivity index (χ0) is 11.7. The van der Waals surface area contributed by atoms with E-state index in [0.29, 0.717) is 11.3 Å². The molecule has 0 aliphatic carbocycles. The predicted octanol–water partition coefficient (Wildman–Crippen LogP) is 4.06. The monoisotopic (exact) mass is 300 g/mol. The van der Waals surface area contributed by atoms with E-state index < -0.39 is 5.97 Å². The van der Waals surface area contributed by atoms with Crippen LogP contribution in [-0.4, -0.2) is 11.1 Å². The highest BCUT2D eigenvalue weighted by atomic mass is 79.9. The number of furan rings is 1. The Morgan fingerprint density at radius 1 is 1.38 bits per heavy atom. The number of hydrogen-bond donors (Lipinski definition) is 1. The standard InChI is InChI=1S/C11H6BrClO3/c12-8-3-4-16-10(8)6-1-2-9(13)7(5-6)11(14)15/h1-5H,(H,14,15). The van der Waals surface area contributed by atoms with Crippen molar-refractivity contribution in [2.45, 2.75) is 0 Å². The molecule has 0 aliphatic heterocycles. The van der Waals surface area contributed by atoms with Crippen molar-refractivity contribution in [3.63, 3.8) is 0 Å². The van der Waals surface area contributed by atoms with E-state index in [4.69, 9.17) is 21.1 Å². The van der Waals surface area contributed by atoms with Crippen LogP contribution >= 0.6 is 27.5 Å². The molecule has 0 unspecified atom stereocenters. The van der Waals surface area contributed by atoms with Crippen LogP contribution in [0.25, 0.3) is 11.3 Å². The fourth-order valence-electron chi connectivity index (χ4n) is 1.33. The fourth-order valence-corrected chi connectivity index (χ4v) is 1.96. The van der Waals surface area contributed by atoms with Crippen molar-refractivity contribution >= 4 is 33.5 Å². The average molecular weight is 302 g/mol. The van der Waals surface area contributed by atoms with Crippen LogP contribution in [0.4, 0.5) is 0 Å². The first-order valence-corrected chi connectivity index (χ1v) is 5.53. The molecule has 1 aromatic heterocycles. The Morgan fingerprint density at radius 3 is 2.69 bits per heavy atom. The van der Waals surface area contributed by atoms with Crippen LogP contribution in [0.15, 0.2) is 39.4 Å². The van der Waals surface area contributed by atoms with E-state index in [1.807, 2.05) is 0 Å². The van der Waals surface area contributed by atoms with E-state index >= 15 is 0 Å². The Balaban J connectivity index is 2.56. The first-order chi connectivity index (χ1) is 7.59. The van der Waals surface area contributed by atoms with Crippen LogP contribution < -0.4 is 0 Å². The van der Waals surface area contributed by atoms with Crippen LogP contribution in [0.1, 0.15) is 10.4 Å². The summed E-state index contributed by atoms with van der Waals surface area (Å²) in [6.45, 7) is 0. The average Bonchev–Trinajstić information content (AvgIpc) is 2.65. The minimum Gasteiger partial charge on any atom is -0.478 e. The number of rotatable bonds is 2. The summed E-state index contributed by atoms with van der Waals surface area (Å²) in [5.74, 6) is -0.478. The molecule has 16 heavy (non-hydrogen) atoms. The SMILES string of the molecule is O=C(O)c1cc(-c2occc2Br)ccc1Cl. The summed E-state index contributed by atoms with van der Waals surface area (Å²) >= 11 is 9.08. The van der Waals surface area contributed by atoms with Crippen LogP contribution in [-0.2, 0) is 0 Å². The third kappa shape index (κ3) is 1.99. The predicted molar refractivity (Wildman–Crippen MR) is 63.8 cm³/mol. The minimum atomic E-state index is -1.06. The Labute approximate surface area is 105 Å². The molecule has 0 atom stereocenters. The molecular formula is C11H6BrClO3. The third-order valence-corrected chi connectivity index (χ3v) is 3.03.